The molecule has 0 amide bonds. The van der Waals surface area contributed by atoms with Gasteiger partial charge in [0.1, 0.15) is 11.6 Å². The lowest BCUT2D eigenvalue weighted by molar-refractivity contribution is 0.474. The predicted octanol–water partition coefficient (Wildman–Crippen LogP) is 4.26. The summed E-state index contributed by atoms with van der Waals surface area (Å²) in [6.45, 7) is 2.81. The van der Waals surface area contributed by atoms with Crippen LogP contribution in [0.1, 0.15) is 30.1 Å². The number of piperidine rings is 1. The highest BCUT2D eigenvalue weighted by Crippen LogP contribution is 2.29. The number of benzene rings is 2. The van der Waals surface area contributed by atoms with Gasteiger partial charge in [0.15, 0.2) is 0 Å². The molecule has 0 saturated carbocycles. The normalized spacial score (nSPS) is 17.1. The molecule has 0 radical (unpaired) electrons. The summed E-state index contributed by atoms with van der Waals surface area (Å²) in [6, 6.07) is 18.6. The molecule has 28 heavy (non-hydrogen) atoms. The molecule has 4 aromatic rings. The van der Waals surface area contributed by atoms with Gasteiger partial charge in [-0.25, -0.2) is 9.97 Å². The highest BCUT2D eigenvalue weighted by molar-refractivity contribution is 5.75. The molecule has 140 valence electrons. The van der Waals surface area contributed by atoms with Crippen molar-refractivity contribution in [3.63, 3.8) is 0 Å². The molecular formula is C23H23N5. The van der Waals surface area contributed by atoms with E-state index in [4.69, 9.17) is 9.97 Å². The Balaban J connectivity index is 1.38. The predicted molar refractivity (Wildman–Crippen MR) is 111 cm³/mol. The van der Waals surface area contributed by atoms with Gasteiger partial charge in [-0.1, -0.05) is 42.5 Å². The van der Waals surface area contributed by atoms with Gasteiger partial charge >= 0.3 is 0 Å². The summed E-state index contributed by atoms with van der Waals surface area (Å²) in [6.07, 6.45) is 8.21. The minimum absolute atomic E-state index is 0.403. The van der Waals surface area contributed by atoms with Gasteiger partial charge in [0.25, 0.3) is 0 Å². The first-order valence-corrected chi connectivity index (χ1v) is 9.88. The quantitative estimate of drug-likeness (QED) is 0.539. The van der Waals surface area contributed by atoms with Gasteiger partial charge in [-0.05, 0) is 30.5 Å². The molecule has 5 rings (SSSR count). The van der Waals surface area contributed by atoms with Crippen molar-refractivity contribution in [2.24, 2.45) is 0 Å². The van der Waals surface area contributed by atoms with E-state index in [2.05, 4.69) is 51.0 Å². The third kappa shape index (κ3) is 3.36. The van der Waals surface area contributed by atoms with Gasteiger partial charge in [-0.15, -0.1) is 0 Å². The van der Waals surface area contributed by atoms with E-state index in [1.807, 2.05) is 36.7 Å². The Morgan fingerprint density at radius 2 is 1.75 bits per heavy atom. The minimum Gasteiger partial charge on any atom is -0.355 e. The Morgan fingerprint density at radius 1 is 0.929 bits per heavy atom. The van der Waals surface area contributed by atoms with Crippen LogP contribution in [0, 0.1) is 0 Å². The highest BCUT2D eigenvalue weighted by atomic mass is 15.2. The largest absolute Gasteiger partial charge is 0.355 e. The number of para-hydroxylation sites is 2. The van der Waals surface area contributed by atoms with Crippen LogP contribution in [0.4, 0.5) is 5.82 Å². The number of aromatic nitrogens is 4. The number of fused-ring (bicyclic) bond motifs is 1. The Kier molecular flexibility index (Phi) is 4.49. The molecule has 0 spiro atoms. The monoisotopic (exact) mass is 369 g/mol. The fraction of sp³-hybridized carbons (Fsp3) is 0.261. The number of rotatable bonds is 4. The van der Waals surface area contributed by atoms with E-state index in [1.54, 1.807) is 0 Å². The maximum atomic E-state index is 4.84. The van der Waals surface area contributed by atoms with E-state index >= 15 is 0 Å². The van der Waals surface area contributed by atoms with E-state index in [1.165, 1.54) is 11.4 Å². The van der Waals surface area contributed by atoms with E-state index in [-0.39, 0.29) is 0 Å². The van der Waals surface area contributed by atoms with Gasteiger partial charge in [0, 0.05) is 37.9 Å². The molecule has 1 saturated heterocycles. The lowest BCUT2D eigenvalue weighted by Gasteiger charge is -2.33. The van der Waals surface area contributed by atoms with Crippen LogP contribution in [0.5, 0.6) is 0 Å². The first-order chi connectivity index (χ1) is 13.9. The molecule has 0 N–H and O–H groups in total. The average Bonchev–Trinajstić information content (AvgIpc) is 3.22. The Labute approximate surface area is 164 Å². The number of anilines is 1. The van der Waals surface area contributed by atoms with Crippen molar-refractivity contribution in [3.05, 3.63) is 84.6 Å². The second kappa shape index (κ2) is 7.43. The summed E-state index contributed by atoms with van der Waals surface area (Å²) in [4.78, 5) is 16.5. The van der Waals surface area contributed by atoms with Gasteiger partial charge in [-0.3, -0.25) is 4.98 Å². The van der Waals surface area contributed by atoms with E-state index in [0.717, 1.165) is 49.3 Å². The molecule has 1 atom stereocenters. The molecular weight excluding hydrogens is 346 g/mol. The van der Waals surface area contributed by atoms with Crippen LogP contribution in [0.25, 0.3) is 11.0 Å². The zero-order valence-corrected chi connectivity index (χ0v) is 15.8. The fourth-order valence-electron chi connectivity index (χ4n) is 4.09. The number of hydrogen-bond acceptors (Lipinski definition) is 4. The van der Waals surface area contributed by atoms with E-state index < -0.39 is 0 Å². The second-order valence-corrected chi connectivity index (χ2v) is 7.40. The van der Waals surface area contributed by atoms with Crippen LogP contribution in [-0.2, 0) is 6.54 Å². The molecule has 0 aliphatic carbocycles. The Morgan fingerprint density at radius 3 is 2.64 bits per heavy atom. The first-order valence-electron chi connectivity index (χ1n) is 9.88. The summed E-state index contributed by atoms with van der Waals surface area (Å²) >= 11 is 0. The molecule has 1 aliphatic rings. The van der Waals surface area contributed by atoms with Crippen molar-refractivity contribution in [2.45, 2.75) is 25.3 Å². The smallest absolute Gasteiger partial charge is 0.147 e. The average molecular weight is 369 g/mol. The molecule has 2 aromatic carbocycles. The maximum Gasteiger partial charge on any atom is 0.147 e. The zero-order chi connectivity index (χ0) is 18.8. The molecule has 0 bridgehead atoms. The van der Waals surface area contributed by atoms with Crippen molar-refractivity contribution >= 4 is 16.9 Å². The van der Waals surface area contributed by atoms with Crippen LogP contribution >= 0.6 is 0 Å². The van der Waals surface area contributed by atoms with Crippen LogP contribution in [0.15, 0.2) is 73.2 Å². The Bertz CT molecular complexity index is 1070. The number of imidazole rings is 1. The summed E-state index contributed by atoms with van der Waals surface area (Å²) in [5.74, 6) is 2.53. The van der Waals surface area contributed by atoms with Crippen molar-refractivity contribution in [1.82, 2.24) is 19.5 Å². The summed E-state index contributed by atoms with van der Waals surface area (Å²) < 4.78 is 2.29. The van der Waals surface area contributed by atoms with Crippen molar-refractivity contribution in [1.29, 1.82) is 0 Å². The van der Waals surface area contributed by atoms with E-state index in [0.29, 0.717) is 5.92 Å². The Hall–Kier alpha value is -3.21. The van der Waals surface area contributed by atoms with Gasteiger partial charge < -0.3 is 9.47 Å². The summed E-state index contributed by atoms with van der Waals surface area (Å²) in [5.41, 5.74) is 3.20. The molecule has 3 heterocycles. The lowest BCUT2D eigenvalue weighted by atomic mass is 9.97. The molecule has 5 nitrogen and oxygen atoms in total. The third-order valence-electron chi connectivity index (χ3n) is 5.49. The topological polar surface area (TPSA) is 46.8 Å². The molecule has 1 aliphatic heterocycles. The lowest BCUT2D eigenvalue weighted by Crippen LogP contribution is -2.36. The second-order valence-electron chi connectivity index (χ2n) is 7.40. The standard InChI is InChI=1S/C23H23N5/c1-2-7-18(8-3-1)16-28-14-12-24-23(28)19-9-6-13-27(17-19)22-15-25-20-10-4-5-11-21(20)26-22/h1-5,7-8,10-12,14-15,19H,6,9,13,16-17H2/t19-/m1/s1. The van der Waals surface area contributed by atoms with Crippen molar-refractivity contribution < 1.29 is 0 Å². The zero-order valence-electron chi connectivity index (χ0n) is 15.8. The van der Waals surface area contributed by atoms with E-state index in [9.17, 15) is 0 Å². The fourth-order valence-corrected chi connectivity index (χ4v) is 4.09. The SMILES string of the molecule is c1ccc(Cn2ccnc2[C@@H]2CCCN(c3cnc4ccccc4n3)C2)cc1. The number of nitrogens with zero attached hydrogens (tertiary/aromatic N) is 5. The molecule has 5 heteroatoms. The maximum absolute atomic E-state index is 4.84. The van der Waals surface area contributed by atoms with Crippen LogP contribution < -0.4 is 4.90 Å². The summed E-state index contributed by atoms with van der Waals surface area (Å²) in [7, 11) is 0. The van der Waals surface area contributed by atoms with Crippen LogP contribution in [-0.4, -0.2) is 32.6 Å². The molecule has 0 unspecified atom stereocenters. The molecule has 1 fully saturated rings. The van der Waals surface area contributed by atoms with Crippen LogP contribution in [0.2, 0.25) is 0 Å². The molecule has 2 aromatic heterocycles. The first kappa shape index (κ1) is 16.9. The van der Waals surface area contributed by atoms with Gasteiger partial charge in [-0.2, -0.15) is 0 Å². The van der Waals surface area contributed by atoms with Crippen LogP contribution in [0.3, 0.4) is 0 Å². The summed E-state index contributed by atoms with van der Waals surface area (Å²) in [5, 5.41) is 0. The highest BCUT2D eigenvalue weighted by Gasteiger charge is 2.25. The van der Waals surface area contributed by atoms with Gasteiger partial charge in [0.05, 0.1) is 17.2 Å². The van der Waals surface area contributed by atoms with Crippen molar-refractivity contribution in [3.8, 4) is 0 Å². The van der Waals surface area contributed by atoms with Crippen molar-refractivity contribution in [2.75, 3.05) is 18.0 Å². The number of hydrogen-bond donors (Lipinski definition) is 0. The van der Waals surface area contributed by atoms with Gasteiger partial charge in [0.2, 0.25) is 0 Å². The minimum atomic E-state index is 0.403. The third-order valence-corrected chi connectivity index (χ3v) is 5.49.